The smallest absolute Gasteiger partial charge is 0.336 e. The van der Waals surface area contributed by atoms with Gasteiger partial charge in [-0.25, -0.2) is 4.79 Å². The highest BCUT2D eigenvalue weighted by atomic mass is 35.5. The fraction of sp³-hybridized carbons (Fsp3) is 0.0667. The van der Waals surface area contributed by atoms with Gasteiger partial charge < -0.3 is 9.90 Å². The fourth-order valence-corrected chi connectivity index (χ4v) is 2.25. The second kappa shape index (κ2) is 5.67. The number of aromatic carboxylic acids is 1. The monoisotopic (exact) mass is 274 g/mol. The van der Waals surface area contributed by atoms with E-state index in [1.165, 1.54) is 6.07 Å². The molecule has 0 bridgehead atoms. The summed E-state index contributed by atoms with van der Waals surface area (Å²) >= 11 is 6.13. The van der Waals surface area contributed by atoms with E-state index in [1.54, 1.807) is 36.4 Å². The Balaban J connectivity index is 2.75. The lowest BCUT2D eigenvalue weighted by molar-refractivity contribution is -0.107. The van der Waals surface area contributed by atoms with Crippen LogP contribution in [0.3, 0.4) is 0 Å². The molecule has 0 amide bonds. The van der Waals surface area contributed by atoms with Crippen molar-refractivity contribution in [1.82, 2.24) is 0 Å². The molecule has 1 N–H and O–H groups in total. The van der Waals surface area contributed by atoms with Gasteiger partial charge in [-0.2, -0.15) is 0 Å². The van der Waals surface area contributed by atoms with Crippen LogP contribution in [0.15, 0.2) is 42.5 Å². The minimum Gasteiger partial charge on any atom is -0.478 e. The molecule has 0 aliphatic heterocycles. The van der Waals surface area contributed by atoms with Crippen molar-refractivity contribution < 1.29 is 14.7 Å². The molecular weight excluding hydrogens is 264 g/mol. The Morgan fingerprint density at radius 3 is 2.53 bits per heavy atom. The van der Waals surface area contributed by atoms with Crippen LogP contribution in [-0.4, -0.2) is 17.4 Å². The normalized spacial score (nSPS) is 10.2. The first-order valence-corrected chi connectivity index (χ1v) is 6.06. The lowest BCUT2D eigenvalue weighted by Gasteiger charge is -2.12. The zero-order chi connectivity index (χ0) is 13.8. The molecule has 0 saturated carbocycles. The van der Waals surface area contributed by atoms with E-state index >= 15 is 0 Å². The number of carboxylic acids is 1. The first kappa shape index (κ1) is 13.3. The molecule has 0 atom stereocenters. The molecule has 0 aliphatic rings. The number of rotatable bonds is 4. The van der Waals surface area contributed by atoms with Crippen molar-refractivity contribution in [2.45, 2.75) is 6.42 Å². The molecule has 4 heteroatoms. The lowest BCUT2D eigenvalue weighted by Crippen LogP contribution is -2.03. The average molecular weight is 275 g/mol. The highest BCUT2D eigenvalue weighted by molar-refractivity contribution is 6.33. The van der Waals surface area contributed by atoms with Gasteiger partial charge >= 0.3 is 5.97 Å². The summed E-state index contributed by atoms with van der Waals surface area (Å²) in [4.78, 5) is 22.1. The van der Waals surface area contributed by atoms with Crippen LogP contribution in [-0.2, 0) is 11.2 Å². The summed E-state index contributed by atoms with van der Waals surface area (Å²) in [7, 11) is 0. The summed E-state index contributed by atoms with van der Waals surface area (Å²) in [5, 5.41) is 9.74. The maximum Gasteiger partial charge on any atom is 0.336 e. The van der Waals surface area contributed by atoms with Crippen molar-refractivity contribution in [2.24, 2.45) is 0 Å². The molecule has 19 heavy (non-hydrogen) atoms. The minimum atomic E-state index is -1.04. The third-order valence-corrected chi connectivity index (χ3v) is 3.16. The summed E-state index contributed by atoms with van der Waals surface area (Å²) in [5.74, 6) is -1.04. The third-order valence-electron chi connectivity index (χ3n) is 2.83. The Bertz CT molecular complexity index is 635. The highest BCUT2D eigenvalue weighted by Gasteiger charge is 2.17. The summed E-state index contributed by atoms with van der Waals surface area (Å²) in [6, 6.07) is 11.9. The highest BCUT2D eigenvalue weighted by Crippen LogP contribution is 2.33. The topological polar surface area (TPSA) is 54.4 Å². The van der Waals surface area contributed by atoms with Crippen molar-refractivity contribution in [3.63, 3.8) is 0 Å². The molecule has 2 aromatic rings. The van der Waals surface area contributed by atoms with Gasteiger partial charge in [0.05, 0.1) is 5.56 Å². The van der Waals surface area contributed by atoms with E-state index in [-0.39, 0.29) is 12.0 Å². The van der Waals surface area contributed by atoms with E-state index in [9.17, 15) is 14.7 Å². The maximum absolute atomic E-state index is 11.3. The van der Waals surface area contributed by atoms with E-state index in [1.807, 2.05) is 0 Å². The van der Waals surface area contributed by atoms with Crippen molar-refractivity contribution in [3.05, 3.63) is 58.6 Å². The number of carbonyl (C=O) groups is 2. The van der Waals surface area contributed by atoms with E-state index in [4.69, 9.17) is 11.6 Å². The summed E-state index contributed by atoms with van der Waals surface area (Å²) < 4.78 is 0. The van der Waals surface area contributed by atoms with Gasteiger partial charge in [0.15, 0.2) is 0 Å². The van der Waals surface area contributed by atoms with Gasteiger partial charge in [-0.05, 0) is 17.7 Å². The zero-order valence-corrected chi connectivity index (χ0v) is 10.7. The molecular formula is C15H11ClO3. The number of carbonyl (C=O) groups excluding carboxylic acids is 1. The lowest BCUT2D eigenvalue weighted by atomic mass is 9.93. The van der Waals surface area contributed by atoms with Crippen LogP contribution in [0.4, 0.5) is 0 Å². The van der Waals surface area contributed by atoms with Gasteiger partial charge in [-0.1, -0.05) is 41.9 Å². The molecule has 0 aliphatic carbocycles. The van der Waals surface area contributed by atoms with Gasteiger partial charge in [0, 0.05) is 22.6 Å². The molecule has 0 saturated heterocycles. The molecule has 0 aromatic heterocycles. The minimum absolute atomic E-state index is 0.146. The Morgan fingerprint density at radius 1 is 1.16 bits per heavy atom. The first-order valence-electron chi connectivity index (χ1n) is 5.69. The number of hydrogen-bond donors (Lipinski definition) is 1. The van der Waals surface area contributed by atoms with Crippen molar-refractivity contribution in [3.8, 4) is 11.1 Å². The Hall–Kier alpha value is -2.13. The Kier molecular flexibility index (Phi) is 3.97. The van der Waals surface area contributed by atoms with Gasteiger partial charge in [0.1, 0.15) is 6.29 Å². The molecule has 0 fully saturated rings. The van der Waals surface area contributed by atoms with Crippen LogP contribution in [0.5, 0.6) is 0 Å². The summed E-state index contributed by atoms with van der Waals surface area (Å²) in [6.07, 6.45) is 0.906. The molecule has 0 radical (unpaired) electrons. The second-order valence-electron chi connectivity index (χ2n) is 4.00. The molecule has 0 heterocycles. The predicted octanol–water partition coefficient (Wildman–Crippen LogP) is 3.45. The quantitative estimate of drug-likeness (QED) is 0.869. The molecule has 3 nitrogen and oxygen atoms in total. The van der Waals surface area contributed by atoms with Crippen molar-refractivity contribution in [2.75, 3.05) is 0 Å². The van der Waals surface area contributed by atoms with Crippen LogP contribution in [0.1, 0.15) is 15.9 Å². The van der Waals surface area contributed by atoms with E-state index < -0.39 is 5.97 Å². The van der Waals surface area contributed by atoms with Crippen molar-refractivity contribution >= 4 is 23.9 Å². The van der Waals surface area contributed by atoms with Gasteiger partial charge in [-0.3, -0.25) is 0 Å². The zero-order valence-electron chi connectivity index (χ0n) is 9.97. The van der Waals surface area contributed by atoms with Gasteiger partial charge in [-0.15, -0.1) is 0 Å². The average Bonchev–Trinajstić information content (AvgIpc) is 2.40. The Labute approximate surface area is 115 Å². The number of hydrogen-bond acceptors (Lipinski definition) is 2. The van der Waals surface area contributed by atoms with E-state index in [0.29, 0.717) is 21.7 Å². The van der Waals surface area contributed by atoms with Crippen LogP contribution >= 0.6 is 11.6 Å². The van der Waals surface area contributed by atoms with Crippen LogP contribution < -0.4 is 0 Å². The molecule has 0 spiro atoms. The Morgan fingerprint density at radius 2 is 1.89 bits per heavy atom. The van der Waals surface area contributed by atoms with Gasteiger partial charge in [0.25, 0.3) is 0 Å². The fourth-order valence-electron chi connectivity index (χ4n) is 2.02. The summed E-state index contributed by atoms with van der Waals surface area (Å²) in [5.41, 5.74) is 1.93. The van der Waals surface area contributed by atoms with Crippen LogP contribution in [0.2, 0.25) is 5.02 Å². The van der Waals surface area contributed by atoms with Crippen molar-refractivity contribution in [1.29, 1.82) is 0 Å². The van der Waals surface area contributed by atoms with Crippen LogP contribution in [0.25, 0.3) is 11.1 Å². The molecule has 2 rings (SSSR count). The molecule has 0 unspecified atom stereocenters. The first-order chi connectivity index (χ1) is 9.15. The number of aldehydes is 1. The van der Waals surface area contributed by atoms with Gasteiger partial charge in [0.2, 0.25) is 0 Å². The molecule has 2 aromatic carbocycles. The second-order valence-corrected chi connectivity index (χ2v) is 4.40. The number of benzene rings is 2. The maximum atomic E-state index is 11.3. The standard InChI is InChI=1S/C15H11ClO3/c16-13-7-2-1-5-11(13)14-10(8-9-17)4-3-6-12(14)15(18)19/h1-7,9H,8H2,(H,18,19). The largest absolute Gasteiger partial charge is 0.478 e. The number of carboxylic acid groups (broad SMARTS) is 1. The van der Waals surface area contributed by atoms with E-state index in [0.717, 1.165) is 6.29 Å². The predicted molar refractivity (Wildman–Crippen MR) is 73.6 cm³/mol. The molecule has 96 valence electrons. The van der Waals surface area contributed by atoms with Crippen LogP contribution in [0, 0.1) is 0 Å². The van der Waals surface area contributed by atoms with E-state index in [2.05, 4.69) is 0 Å². The summed E-state index contributed by atoms with van der Waals surface area (Å²) in [6.45, 7) is 0. The third kappa shape index (κ3) is 2.66. The SMILES string of the molecule is O=CCc1cccc(C(=O)O)c1-c1ccccc1Cl. The number of halogens is 1.